The molecule has 1 unspecified atom stereocenters. The Kier molecular flexibility index (Phi) is 7.13. The average Bonchev–Trinajstić information content (AvgIpc) is 2.84. The van der Waals surface area contributed by atoms with Crippen LogP contribution in [0.3, 0.4) is 0 Å². The summed E-state index contributed by atoms with van der Waals surface area (Å²) >= 11 is 0. The van der Waals surface area contributed by atoms with E-state index in [0.717, 1.165) is 18.4 Å². The Hall–Kier alpha value is -2.73. The van der Waals surface area contributed by atoms with E-state index in [1.165, 1.54) is 28.6 Å². The van der Waals surface area contributed by atoms with Crippen molar-refractivity contribution in [2.24, 2.45) is 5.92 Å². The number of rotatable bonds is 6. The summed E-state index contributed by atoms with van der Waals surface area (Å²) in [6.07, 6.45) is 3.31. The van der Waals surface area contributed by atoms with Crippen molar-refractivity contribution in [2.45, 2.75) is 49.1 Å². The van der Waals surface area contributed by atoms with E-state index in [-0.39, 0.29) is 22.3 Å². The molecule has 0 bridgehead atoms. The van der Waals surface area contributed by atoms with Crippen LogP contribution in [0.2, 0.25) is 0 Å². The minimum Gasteiger partial charge on any atom is -0.375 e. The van der Waals surface area contributed by atoms with Crippen LogP contribution in [0.5, 0.6) is 0 Å². The number of piperidine rings is 1. The number of nitrogens with zero attached hydrogens (tertiary/aromatic N) is 2. The molecule has 4 rings (SSSR count). The van der Waals surface area contributed by atoms with Crippen molar-refractivity contribution in [1.29, 1.82) is 5.26 Å². The summed E-state index contributed by atoms with van der Waals surface area (Å²) in [7, 11) is -3.60. The molecule has 7 nitrogen and oxygen atoms in total. The molecule has 0 aliphatic carbocycles. The molecule has 2 aliphatic rings. The van der Waals surface area contributed by atoms with Crippen molar-refractivity contribution in [1.82, 2.24) is 9.62 Å². The first kappa shape index (κ1) is 23.4. The van der Waals surface area contributed by atoms with Gasteiger partial charge in [-0.1, -0.05) is 30.3 Å². The number of ether oxygens (including phenoxy) is 1. The SMILES string of the molecule is N#Cc1ccc(S(=O)(=O)N2CCC3(CC2)CC(CC(=O)NCc2ccccc2)CCO3)cc1. The van der Waals surface area contributed by atoms with E-state index in [1.54, 1.807) is 0 Å². The van der Waals surface area contributed by atoms with E-state index in [0.29, 0.717) is 51.1 Å². The number of hydrogen-bond donors (Lipinski definition) is 1. The van der Waals surface area contributed by atoms with Crippen LogP contribution in [0.1, 0.15) is 43.2 Å². The molecule has 0 radical (unpaired) electrons. The van der Waals surface area contributed by atoms with Gasteiger partial charge < -0.3 is 10.1 Å². The van der Waals surface area contributed by atoms with E-state index >= 15 is 0 Å². The summed E-state index contributed by atoms with van der Waals surface area (Å²) in [4.78, 5) is 12.7. The molecule has 2 aromatic carbocycles. The summed E-state index contributed by atoms with van der Waals surface area (Å²) in [5.74, 6) is 0.276. The Balaban J connectivity index is 1.31. The lowest BCUT2D eigenvalue weighted by Crippen LogP contribution is -2.51. The zero-order valence-corrected chi connectivity index (χ0v) is 19.4. The van der Waals surface area contributed by atoms with Gasteiger partial charge in [-0.15, -0.1) is 0 Å². The predicted octanol–water partition coefficient (Wildman–Crippen LogP) is 3.21. The molecule has 1 amide bonds. The van der Waals surface area contributed by atoms with E-state index in [1.807, 2.05) is 36.4 Å². The highest BCUT2D eigenvalue weighted by atomic mass is 32.2. The van der Waals surface area contributed by atoms with Crippen LogP contribution in [0.4, 0.5) is 0 Å². The smallest absolute Gasteiger partial charge is 0.243 e. The molecule has 2 aromatic rings. The average molecular weight is 468 g/mol. The third-order valence-electron chi connectivity index (χ3n) is 6.66. The number of hydrogen-bond acceptors (Lipinski definition) is 5. The lowest BCUT2D eigenvalue weighted by Gasteiger charge is -2.45. The van der Waals surface area contributed by atoms with Crippen molar-refractivity contribution in [3.63, 3.8) is 0 Å². The standard InChI is InChI=1S/C25H29N3O4S/c26-18-20-6-8-23(9-7-20)33(30,31)28-13-11-25(12-14-28)17-22(10-15-32-25)16-24(29)27-19-21-4-2-1-3-5-21/h1-9,22H,10-17,19H2,(H,27,29). The molecule has 2 fully saturated rings. The molecule has 1 atom stereocenters. The normalized spacial score (nSPS) is 20.8. The molecule has 0 aromatic heterocycles. The van der Waals surface area contributed by atoms with Gasteiger partial charge in [0.05, 0.1) is 22.1 Å². The largest absolute Gasteiger partial charge is 0.375 e. The van der Waals surface area contributed by atoms with E-state index in [2.05, 4.69) is 5.32 Å². The third-order valence-corrected chi connectivity index (χ3v) is 8.57. The first-order valence-electron chi connectivity index (χ1n) is 11.4. The highest BCUT2D eigenvalue weighted by Crippen LogP contribution is 2.39. The van der Waals surface area contributed by atoms with Crippen LogP contribution in [0.25, 0.3) is 0 Å². The number of nitriles is 1. The lowest BCUT2D eigenvalue weighted by atomic mass is 9.78. The summed E-state index contributed by atoms with van der Waals surface area (Å²) < 4.78 is 33.7. The third kappa shape index (κ3) is 5.61. The molecule has 1 spiro atoms. The molecule has 33 heavy (non-hydrogen) atoms. The summed E-state index contributed by atoms with van der Waals surface area (Å²) in [6.45, 7) is 1.89. The fourth-order valence-corrected chi connectivity index (χ4v) is 6.21. The second-order valence-corrected chi connectivity index (χ2v) is 10.8. The van der Waals surface area contributed by atoms with Gasteiger partial charge in [0.25, 0.3) is 0 Å². The maximum atomic E-state index is 13.0. The second-order valence-electron chi connectivity index (χ2n) is 8.90. The van der Waals surface area contributed by atoms with Crippen molar-refractivity contribution < 1.29 is 17.9 Å². The number of benzene rings is 2. The topological polar surface area (TPSA) is 99.5 Å². The summed E-state index contributed by atoms with van der Waals surface area (Å²) in [5, 5.41) is 11.9. The zero-order chi connectivity index (χ0) is 23.3. The molecule has 2 saturated heterocycles. The second kappa shape index (κ2) is 10.0. The quantitative estimate of drug-likeness (QED) is 0.703. The van der Waals surface area contributed by atoms with Crippen LogP contribution in [0, 0.1) is 17.2 Å². The number of carbonyl (C=O) groups excluding carboxylic acids is 1. The Bertz CT molecular complexity index is 1100. The Morgan fingerprint density at radius 2 is 1.82 bits per heavy atom. The maximum Gasteiger partial charge on any atom is 0.243 e. The first-order valence-corrected chi connectivity index (χ1v) is 12.8. The summed E-state index contributed by atoms with van der Waals surface area (Å²) in [6, 6.07) is 17.9. The van der Waals surface area contributed by atoms with Crippen molar-refractivity contribution in [2.75, 3.05) is 19.7 Å². The number of nitrogens with one attached hydrogen (secondary N) is 1. The molecule has 2 aliphatic heterocycles. The monoisotopic (exact) mass is 467 g/mol. The minimum atomic E-state index is -3.60. The van der Waals surface area contributed by atoms with E-state index in [4.69, 9.17) is 10.00 Å². The van der Waals surface area contributed by atoms with Crippen LogP contribution < -0.4 is 5.32 Å². The van der Waals surface area contributed by atoms with Crippen molar-refractivity contribution in [3.05, 3.63) is 65.7 Å². The van der Waals surface area contributed by atoms with E-state index < -0.39 is 10.0 Å². The van der Waals surface area contributed by atoms with Crippen molar-refractivity contribution >= 4 is 15.9 Å². The first-order chi connectivity index (χ1) is 15.9. The highest BCUT2D eigenvalue weighted by molar-refractivity contribution is 7.89. The number of sulfonamides is 1. The van der Waals surface area contributed by atoms with Crippen LogP contribution in [-0.4, -0.2) is 43.9 Å². The van der Waals surface area contributed by atoms with Gasteiger partial charge in [0.2, 0.25) is 15.9 Å². The van der Waals surface area contributed by atoms with Gasteiger partial charge in [0.15, 0.2) is 0 Å². The zero-order valence-electron chi connectivity index (χ0n) is 18.6. The van der Waals surface area contributed by atoms with Crippen LogP contribution in [0.15, 0.2) is 59.5 Å². The highest BCUT2D eigenvalue weighted by Gasteiger charge is 2.43. The Morgan fingerprint density at radius 1 is 1.12 bits per heavy atom. The minimum absolute atomic E-state index is 0.0433. The van der Waals surface area contributed by atoms with Gasteiger partial charge in [-0.2, -0.15) is 9.57 Å². The van der Waals surface area contributed by atoms with Gasteiger partial charge in [-0.25, -0.2) is 8.42 Å². The number of amides is 1. The van der Waals surface area contributed by atoms with Gasteiger partial charge in [-0.05, 0) is 61.4 Å². The molecule has 1 N–H and O–H groups in total. The van der Waals surface area contributed by atoms with Crippen LogP contribution in [-0.2, 0) is 26.1 Å². The Morgan fingerprint density at radius 3 is 2.48 bits per heavy atom. The van der Waals surface area contributed by atoms with Gasteiger partial charge in [0.1, 0.15) is 0 Å². The molecular weight excluding hydrogens is 438 g/mol. The predicted molar refractivity (Wildman–Crippen MR) is 123 cm³/mol. The molecule has 174 valence electrons. The van der Waals surface area contributed by atoms with Crippen molar-refractivity contribution in [3.8, 4) is 6.07 Å². The van der Waals surface area contributed by atoms with Crippen LogP contribution >= 0.6 is 0 Å². The molecule has 0 saturated carbocycles. The Labute approximate surface area is 195 Å². The molecular formula is C25H29N3O4S. The maximum absolute atomic E-state index is 13.0. The van der Waals surface area contributed by atoms with E-state index in [9.17, 15) is 13.2 Å². The fourth-order valence-electron chi connectivity index (χ4n) is 4.77. The lowest BCUT2D eigenvalue weighted by molar-refractivity contribution is -0.132. The number of carbonyl (C=O) groups is 1. The van der Waals surface area contributed by atoms with Gasteiger partial charge in [0, 0.05) is 32.7 Å². The van der Waals surface area contributed by atoms with Gasteiger partial charge in [-0.3, -0.25) is 4.79 Å². The van der Waals surface area contributed by atoms with Gasteiger partial charge >= 0.3 is 0 Å². The summed E-state index contributed by atoms with van der Waals surface area (Å²) in [5.41, 5.74) is 1.14. The molecule has 2 heterocycles. The fraction of sp³-hybridized carbons (Fsp3) is 0.440. The molecule has 8 heteroatoms.